The first kappa shape index (κ1) is 22.4. The van der Waals surface area contributed by atoms with E-state index in [1.807, 2.05) is 42.5 Å². The van der Waals surface area contributed by atoms with Gasteiger partial charge in [-0.05, 0) is 22.6 Å². The molecule has 9 nitrogen and oxygen atoms in total. The number of hydrogen-bond donors (Lipinski definition) is 2. The van der Waals surface area contributed by atoms with Crippen LogP contribution in [0.3, 0.4) is 0 Å². The van der Waals surface area contributed by atoms with Crippen LogP contribution in [0.4, 0.5) is 0 Å². The molecule has 0 bridgehead atoms. The molecule has 2 aromatic carbocycles. The third-order valence-electron chi connectivity index (χ3n) is 5.65. The molecule has 4 rings (SSSR count). The van der Waals surface area contributed by atoms with Crippen molar-refractivity contribution in [1.29, 1.82) is 0 Å². The molecular formula is C22H25N3O6S. The largest absolute Gasteiger partial charge is 0.497 e. The zero-order valence-corrected chi connectivity index (χ0v) is 18.4. The van der Waals surface area contributed by atoms with E-state index in [1.54, 1.807) is 7.11 Å². The first-order chi connectivity index (χ1) is 15.6. The van der Waals surface area contributed by atoms with Crippen LogP contribution in [-0.4, -0.2) is 60.7 Å². The van der Waals surface area contributed by atoms with E-state index >= 15 is 0 Å². The summed E-state index contributed by atoms with van der Waals surface area (Å²) in [6.45, 7) is -0.0269. The molecule has 0 radical (unpaired) electrons. The Morgan fingerprint density at radius 2 is 2.00 bits per heavy atom. The van der Waals surface area contributed by atoms with E-state index in [0.29, 0.717) is 12.4 Å². The third kappa shape index (κ3) is 4.85. The first-order valence-corrected chi connectivity index (χ1v) is 11.8. The fourth-order valence-corrected chi connectivity index (χ4v) is 7.16. The Morgan fingerprint density at radius 1 is 1.25 bits per heavy atom. The number of thiol groups is 1. The molecule has 0 spiro atoms. The lowest BCUT2D eigenvalue weighted by atomic mass is 10.0. The lowest BCUT2D eigenvalue weighted by molar-refractivity contribution is -0.226. The van der Waals surface area contributed by atoms with Crippen LogP contribution in [0, 0.1) is 0 Å². The van der Waals surface area contributed by atoms with Gasteiger partial charge in [0.25, 0.3) is 0 Å². The molecule has 2 unspecified atom stereocenters. The normalized spacial score (nSPS) is 30.5. The average molecular weight is 460 g/mol. The zero-order chi connectivity index (χ0) is 22.5. The Balaban J connectivity index is 1.64. The predicted molar refractivity (Wildman–Crippen MR) is 119 cm³/mol. The number of carboxylic acids is 1. The highest BCUT2D eigenvalue weighted by molar-refractivity contribution is 8.17. The Hall–Kier alpha value is -2.75. The predicted octanol–water partition coefficient (Wildman–Crippen LogP) is 3.70. The highest BCUT2D eigenvalue weighted by Gasteiger charge is 2.48. The quantitative estimate of drug-likeness (QED) is 0.282. The van der Waals surface area contributed by atoms with Crippen LogP contribution in [0.2, 0.25) is 0 Å². The highest BCUT2D eigenvalue weighted by Crippen LogP contribution is 2.52. The van der Waals surface area contributed by atoms with Crippen LogP contribution in [0.5, 0.6) is 5.75 Å². The van der Waals surface area contributed by atoms with Crippen molar-refractivity contribution in [3.8, 4) is 5.75 Å². The number of carboxylic acid groups (broad SMARTS) is 1. The van der Waals surface area contributed by atoms with Gasteiger partial charge in [-0.3, -0.25) is 0 Å². The maximum Gasteiger partial charge on any atom is 0.329 e. The molecule has 0 aliphatic carbocycles. The van der Waals surface area contributed by atoms with Crippen LogP contribution >= 0.6 is 10.9 Å². The minimum absolute atomic E-state index is 0.0120. The molecule has 32 heavy (non-hydrogen) atoms. The van der Waals surface area contributed by atoms with Crippen LogP contribution < -0.4 is 4.74 Å². The lowest BCUT2D eigenvalue weighted by Gasteiger charge is -2.50. The van der Waals surface area contributed by atoms with Gasteiger partial charge in [0.2, 0.25) is 0 Å². The van der Waals surface area contributed by atoms with E-state index in [2.05, 4.69) is 22.2 Å². The van der Waals surface area contributed by atoms with Gasteiger partial charge >= 0.3 is 5.97 Å². The Bertz CT molecular complexity index is 969. The maximum absolute atomic E-state index is 11.1. The number of aliphatic carboxylic acids is 1. The van der Waals surface area contributed by atoms with Gasteiger partial charge in [-0.2, -0.15) is 0 Å². The van der Waals surface area contributed by atoms with E-state index in [9.17, 15) is 10.3 Å². The van der Waals surface area contributed by atoms with Gasteiger partial charge in [-0.15, -0.1) is 0 Å². The topological polar surface area (TPSA) is 123 Å². The van der Waals surface area contributed by atoms with Gasteiger partial charge in [0, 0.05) is 21.5 Å². The number of methoxy groups -OCH3 is 1. The lowest BCUT2D eigenvalue weighted by Crippen LogP contribution is -2.56. The first-order valence-electron chi connectivity index (χ1n) is 10.2. The second-order valence-corrected chi connectivity index (χ2v) is 10.0. The second-order valence-electron chi connectivity index (χ2n) is 7.53. The Morgan fingerprint density at radius 3 is 2.66 bits per heavy atom. The molecule has 0 aromatic heterocycles. The summed E-state index contributed by atoms with van der Waals surface area (Å²) in [6.07, 6.45) is -1.67. The number of fused-ring (bicyclic) bond motifs is 1. The molecule has 2 saturated heterocycles. The SMILES string of the molecule is COc1ccc(C2OC[C@@H]3[C@H](O2)[C@@H](N=[N+]=[N-])[C@@H](OCC(=O)O)C[SH]3c2ccccc2)cc1. The number of ether oxygens (including phenoxy) is 4. The van der Waals surface area contributed by atoms with Gasteiger partial charge in [0.1, 0.15) is 12.4 Å². The molecule has 6 atom stereocenters. The van der Waals surface area contributed by atoms with Gasteiger partial charge < -0.3 is 24.1 Å². The van der Waals surface area contributed by atoms with Crippen molar-refractivity contribution >= 4 is 16.9 Å². The number of hydrogen-bond acceptors (Lipinski definition) is 6. The standard InChI is InChI=1S/C22H25N3O6S/c1-28-15-9-7-14(8-10-15)22-30-11-18-21(31-22)20(24-25-23)17(29-12-19(26)27)13-32(18)16-5-3-2-4-6-16/h2-10,17-18,20-22,32H,11-13H2,1H3,(H,26,27)/t17-,18+,20-,21-,22?/m0/s1. The number of azide groups is 1. The van der Waals surface area contributed by atoms with Gasteiger partial charge in [0.05, 0.1) is 32.0 Å². The van der Waals surface area contributed by atoms with Gasteiger partial charge in [0.15, 0.2) is 6.29 Å². The minimum Gasteiger partial charge on any atom is -0.497 e. The van der Waals surface area contributed by atoms with Crippen molar-refractivity contribution < 1.29 is 28.8 Å². The number of benzene rings is 2. The summed E-state index contributed by atoms with van der Waals surface area (Å²) in [5.74, 6) is 0.221. The van der Waals surface area contributed by atoms with Crippen molar-refractivity contribution in [3.63, 3.8) is 0 Å². The Kier molecular flexibility index (Phi) is 7.19. The van der Waals surface area contributed by atoms with E-state index in [1.165, 1.54) is 0 Å². The van der Waals surface area contributed by atoms with E-state index < -0.39 is 48.0 Å². The molecular weight excluding hydrogens is 434 g/mol. The fraction of sp³-hybridized carbons (Fsp3) is 0.409. The van der Waals surface area contributed by atoms with Crippen molar-refractivity contribution in [2.24, 2.45) is 5.11 Å². The molecule has 2 aliphatic rings. The number of nitrogens with zero attached hydrogens (tertiary/aromatic N) is 3. The van der Waals surface area contributed by atoms with Crippen molar-refractivity contribution in [1.82, 2.24) is 0 Å². The van der Waals surface area contributed by atoms with Crippen LogP contribution in [-0.2, 0) is 19.0 Å². The summed E-state index contributed by atoms with van der Waals surface area (Å²) >= 11 is 0. The van der Waals surface area contributed by atoms with Gasteiger partial charge in [-0.1, -0.05) is 47.6 Å². The summed E-state index contributed by atoms with van der Waals surface area (Å²) in [5, 5.41) is 13.1. The smallest absolute Gasteiger partial charge is 0.329 e. The molecule has 2 aliphatic heterocycles. The molecule has 0 saturated carbocycles. The molecule has 2 aromatic rings. The van der Waals surface area contributed by atoms with Gasteiger partial charge in [-0.25, -0.2) is 15.7 Å². The van der Waals surface area contributed by atoms with Crippen LogP contribution in [0.1, 0.15) is 11.9 Å². The number of carbonyl (C=O) groups is 1. The van der Waals surface area contributed by atoms with E-state index in [0.717, 1.165) is 16.2 Å². The second kappa shape index (κ2) is 10.2. The summed E-state index contributed by atoms with van der Waals surface area (Å²) in [7, 11) is 0.801. The molecule has 10 heteroatoms. The van der Waals surface area contributed by atoms with E-state index in [-0.39, 0.29) is 5.25 Å². The van der Waals surface area contributed by atoms with E-state index in [4.69, 9.17) is 24.1 Å². The van der Waals surface area contributed by atoms with Crippen molar-refractivity contribution in [3.05, 3.63) is 70.6 Å². The monoisotopic (exact) mass is 459 g/mol. The summed E-state index contributed by atoms with van der Waals surface area (Å²) in [5.41, 5.74) is 10.0. The molecule has 0 amide bonds. The van der Waals surface area contributed by atoms with Crippen LogP contribution in [0.15, 0.2) is 64.6 Å². The summed E-state index contributed by atoms with van der Waals surface area (Å²) < 4.78 is 23.4. The highest BCUT2D eigenvalue weighted by atomic mass is 32.2. The molecule has 170 valence electrons. The Labute approximate surface area is 188 Å². The third-order valence-corrected chi connectivity index (χ3v) is 8.61. The minimum atomic E-state index is -1.07. The molecule has 2 heterocycles. The summed E-state index contributed by atoms with van der Waals surface area (Å²) in [4.78, 5) is 15.3. The molecule has 1 N–H and O–H groups in total. The zero-order valence-electron chi connectivity index (χ0n) is 17.5. The average Bonchev–Trinajstić information content (AvgIpc) is 2.83. The fourth-order valence-electron chi connectivity index (χ4n) is 4.16. The van der Waals surface area contributed by atoms with Crippen molar-refractivity contribution in [2.45, 2.75) is 34.7 Å². The van der Waals surface area contributed by atoms with Crippen LogP contribution in [0.25, 0.3) is 10.4 Å². The van der Waals surface area contributed by atoms with Crippen molar-refractivity contribution in [2.75, 3.05) is 26.1 Å². The summed E-state index contributed by atoms with van der Waals surface area (Å²) in [6, 6.07) is 16.8. The number of rotatable bonds is 7. The maximum atomic E-state index is 11.1. The molecule has 2 fully saturated rings.